The van der Waals surface area contributed by atoms with Crippen molar-refractivity contribution in [3.05, 3.63) is 35.4 Å². The Morgan fingerprint density at radius 3 is 2.67 bits per heavy atom. The highest BCUT2D eigenvalue weighted by molar-refractivity contribution is 5.21. The Bertz CT molecular complexity index is 341. The number of hydrogen-bond donors (Lipinski definition) is 0. The van der Waals surface area contributed by atoms with Gasteiger partial charge in [-0.25, -0.2) is 0 Å². The smallest absolute Gasteiger partial charge is 0.0128 e. The van der Waals surface area contributed by atoms with Crippen molar-refractivity contribution in [3.8, 4) is 0 Å². The van der Waals surface area contributed by atoms with Gasteiger partial charge in [-0.15, -0.1) is 0 Å². The highest BCUT2D eigenvalue weighted by Gasteiger charge is 2.46. The van der Waals surface area contributed by atoms with Gasteiger partial charge in [-0.05, 0) is 44.2 Å². The third kappa shape index (κ3) is 1.93. The molecule has 3 rings (SSSR count). The molecule has 15 heavy (non-hydrogen) atoms. The first-order valence-electron chi connectivity index (χ1n) is 6.12. The van der Waals surface area contributed by atoms with Crippen LogP contribution in [0.5, 0.6) is 0 Å². The van der Waals surface area contributed by atoms with Crippen molar-refractivity contribution in [2.24, 2.45) is 5.92 Å². The topological polar surface area (TPSA) is 3.24 Å². The number of rotatable bonds is 3. The van der Waals surface area contributed by atoms with Crippen molar-refractivity contribution < 1.29 is 0 Å². The second kappa shape index (κ2) is 3.64. The molecule has 1 nitrogen and oxygen atoms in total. The van der Waals surface area contributed by atoms with Crippen LogP contribution in [-0.4, -0.2) is 24.0 Å². The van der Waals surface area contributed by atoms with Crippen molar-refractivity contribution in [1.29, 1.82) is 0 Å². The largest absolute Gasteiger partial charge is 0.300 e. The van der Waals surface area contributed by atoms with Gasteiger partial charge in [0, 0.05) is 12.6 Å². The van der Waals surface area contributed by atoms with Crippen molar-refractivity contribution in [3.63, 3.8) is 0 Å². The van der Waals surface area contributed by atoms with Gasteiger partial charge in [0.05, 0.1) is 0 Å². The quantitative estimate of drug-likeness (QED) is 0.726. The first-order chi connectivity index (χ1) is 7.33. The summed E-state index contributed by atoms with van der Waals surface area (Å²) in [6.45, 7) is 4.77. The zero-order chi connectivity index (χ0) is 10.3. The van der Waals surface area contributed by atoms with E-state index in [1.807, 2.05) is 0 Å². The van der Waals surface area contributed by atoms with Gasteiger partial charge >= 0.3 is 0 Å². The first kappa shape index (κ1) is 9.41. The minimum atomic E-state index is 0.968. The van der Waals surface area contributed by atoms with Crippen molar-refractivity contribution in [1.82, 2.24) is 4.90 Å². The fourth-order valence-electron chi connectivity index (χ4n) is 2.79. The Labute approximate surface area is 92.1 Å². The van der Waals surface area contributed by atoms with Gasteiger partial charge in [0.15, 0.2) is 0 Å². The molecule has 1 aromatic carbocycles. The van der Waals surface area contributed by atoms with E-state index in [9.17, 15) is 0 Å². The van der Waals surface area contributed by atoms with Crippen LogP contribution in [0.4, 0.5) is 0 Å². The molecule has 0 bridgehead atoms. The van der Waals surface area contributed by atoms with Crippen LogP contribution < -0.4 is 0 Å². The van der Waals surface area contributed by atoms with Crippen LogP contribution in [-0.2, 0) is 6.42 Å². The van der Waals surface area contributed by atoms with Crippen LogP contribution in [0.15, 0.2) is 24.3 Å². The lowest BCUT2D eigenvalue weighted by Gasteiger charge is -2.17. The summed E-state index contributed by atoms with van der Waals surface area (Å²) in [5.74, 6) is 1.07. The third-order valence-corrected chi connectivity index (χ3v) is 3.95. The standard InChI is InChI=1S/C14H19N/c1-11-2-4-12(5-3-11)6-8-15-9-7-13-10-14(13)15/h2-5,13-14H,6-10H2,1H3. The molecular weight excluding hydrogens is 182 g/mol. The van der Waals surface area contributed by atoms with E-state index in [1.165, 1.54) is 43.5 Å². The minimum Gasteiger partial charge on any atom is -0.300 e. The molecule has 1 heterocycles. The van der Waals surface area contributed by atoms with E-state index < -0.39 is 0 Å². The predicted molar refractivity (Wildman–Crippen MR) is 63.0 cm³/mol. The zero-order valence-electron chi connectivity index (χ0n) is 9.45. The molecule has 0 spiro atoms. The Kier molecular flexibility index (Phi) is 2.28. The lowest BCUT2D eigenvalue weighted by molar-refractivity contribution is 0.304. The maximum Gasteiger partial charge on any atom is 0.0128 e. The molecule has 80 valence electrons. The van der Waals surface area contributed by atoms with Gasteiger partial charge in [0.2, 0.25) is 0 Å². The van der Waals surface area contributed by atoms with Crippen LogP contribution >= 0.6 is 0 Å². The molecule has 1 aliphatic heterocycles. The van der Waals surface area contributed by atoms with Gasteiger partial charge in [-0.3, -0.25) is 4.90 Å². The van der Waals surface area contributed by atoms with Crippen LogP contribution in [0.2, 0.25) is 0 Å². The molecule has 1 aliphatic carbocycles. The lowest BCUT2D eigenvalue weighted by atomic mass is 10.1. The molecular formula is C14H19N. The van der Waals surface area contributed by atoms with Gasteiger partial charge < -0.3 is 0 Å². The van der Waals surface area contributed by atoms with Crippen LogP contribution in [0.25, 0.3) is 0 Å². The van der Waals surface area contributed by atoms with E-state index in [0.717, 1.165) is 12.0 Å². The Hall–Kier alpha value is -0.820. The summed E-state index contributed by atoms with van der Waals surface area (Å²) in [7, 11) is 0. The van der Waals surface area contributed by atoms with Gasteiger partial charge in [0.1, 0.15) is 0 Å². The fourth-order valence-corrected chi connectivity index (χ4v) is 2.79. The predicted octanol–water partition coefficient (Wildman–Crippen LogP) is 2.63. The molecule has 0 amide bonds. The average Bonchev–Trinajstić information content (AvgIpc) is 2.93. The number of fused-ring (bicyclic) bond motifs is 1. The monoisotopic (exact) mass is 201 g/mol. The summed E-state index contributed by atoms with van der Waals surface area (Å²) in [4.78, 5) is 2.69. The maximum absolute atomic E-state index is 2.69. The highest BCUT2D eigenvalue weighted by atomic mass is 15.2. The summed E-state index contributed by atoms with van der Waals surface area (Å²) in [5.41, 5.74) is 2.85. The minimum absolute atomic E-state index is 0.968. The molecule has 1 heteroatoms. The Balaban J connectivity index is 1.55. The lowest BCUT2D eigenvalue weighted by Crippen LogP contribution is -2.25. The van der Waals surface area contributed by atoms with Gasteiger partial charge in [-0.2, -0.15) is 0 Å². The number of piperidine rings is 1. The Morgan fingerprint density at radius 1 is 1.27 bits per heavy atom. The van der Waals surface area contributed by atoms with E-state index in [-0.39, 0.29) is 0 Å². The number of benzene rings is 1. The summed E-state index contributed by atoms with van der Waals surface area (Å²) >= 11 is 0. The number of hydrogen-bond acceptors (Lipinski definition) is 1. The van der Waals surface area contributed by atoms with Gasteiger partial charge in [-0.1, -0.05) is 29.8 Å². The van der Waals surface area contributed by atoms with Crippen LogP contribution in [0.1, 0.15) is 24.0 Å². The summed E-state index contributed by atoms with van der Waals surface area (Å²) in [6.07, 6.45) is 4.16. The van der Waals surface area contributed by atoms with Gasteiger partial charge in [0.25, 0.3) is 0 Å². The second-order valence-electron chi connectivity index (χ2n) is 5.12. The fraction of sp³-hybridized carbons (Fsp3) is 0.571. The highest BCUT2D eigenvalue weighted by Crippen LogP contribution is 2.44. The number of likely N-dealkylation sites (tertiary alicyclic amines) is 1. The molecule has 0 N–H and O–H groups in total. The van der Waals surface area contributed by atoms with Crippen molar-refractivity contribution in [2.45, 2.75) is 32.2 Å². The van der Waals surface area contributed by atoms with E-state index in [2.05, 4.69) is 36.1 Å². The molecule has 2 aliphatic rings. The average molecular weight is 201 g/mol. The Morgan fingerprint density at radius 2 is 2.07 bits per heavy atom. The SMILES string of the molecule is Cc1ccc(CCN2CCC3CC32)cc1. The molecule has 1 aromatic rings. The third-order valence-electron chi connectivity index (χ3n) is 3.95. The molecule has 2 unspecified atom stereocenters. The maximum atomic E-state index is 2.69. The number of aryl methyl sites for hydroxylation is 1. The van der Waals surface area contributed by atoms with Crippen molar-refractivity contribution >= 4 is 0 Å². The molecule has 0 aromatic heterocycles. The molecule has 1 saturated carbocycles. The van der Waals surface area contributed by atoms with E-state index in [0.29, 0.717) is 0 Å². The molecule has 0 radical (unpaired) electrons. The van der Waals surface area contributed by atoms with E-state index in [1.54, 1.807) is 0 Å². The first-order valence-corrected chi connectivity index (χ1v) is 6.12. The molecule has 2 atom stereocenters. The van der Waals surface area contributed by atoms with Crippen molar-refractivity contribution in [2.75, 3.05) is 13.1 Å². The van der Waals surface area contributed by atoms with E-state index in [4.69, 9.17) is 0 Å². The molecule has 1 saturated heterocycles. The normalized spacial score (nSPS) is 29.1. The van der Waals surface area contributed by atoms with Crippen LogP contribution in [0.3, 0.4) is 0 Å². The zero-order valence-corrected chi connectivity index (χ0v) is 9.45. The molecule has 2 fully saturated rings. The van der Waals surface area contributed by atoms with Crippen LogP contribution in [0, 0.1) is 12.8 Å². The van der Waals surface area contributed by atoms with E-state index >= 15 is 0 Å². The summed E-state index contributed by atoms with van der Waals surface area (Å²) in [6, 6.07) is 9.96. The second-order valence-corrected chi connectivity index (χ2v) is 5.12. The number of nitrogens with zero attached hydrogens (tertiary/aromatic N) is 1. The summed E-state index contributed by atoms with van der Waals surface area (Å²) in [5, 5.41) is 0. The summed E-state index contributed by atoms with van der Waals surface area (Å²) < 4.78 is 0.